The molecule has 4 rings (SSSR count). The molecule has 2 heterocycles. The Morgan fingerprint density at radius 3 is 2.26 bits per heavy atom. The van der Waals surface area contributed by atoms with E-state index in [4.69, 9.17) is 4.74 Å². The van der Waals surface area contributed by atoms with Crippen molar-refractivity contribution in [2.75, 3.05) is 11.7 Å². The van der Waals surface area contributed by atoms with E-state index in [2.05, 4.69) is 10.2 Å². The summed E-state index contributed by atoms with van der Waals surface area (Å²) in [6, 6.07) is 19.3. The number of rotatable bonds is 3. The number of aromatic nitrogens is 2. The standard InChI is InChI=1S/C21H20N4O2/c1-15-19(21(26)25(23-15)18-11-7-4-8-12-18)13-20-16(2)22-24(14-27-20)17-9-5-3-6-10-17/h3-13,23H,14H2,1-2H3/b20-13-. The van der Waals surface area contributed by atoms with Gasteiger partial charge in [0.25, 0.3) is 5.56 Å². The van der Waals surface area contributed by atoms with E-state index < -0.39 is 0 Å². The summed E-state index contributed by atoms with van der Waals surface area (Å²) < 4.78 is 7.42. The highest BCUT2D eigenvalue weighted by Gasteiger charge is 2.18. The molecule has 0 radical (unpaired) electrons. The van der Waals surface area contributed by atoms with Gasteiger partial charge < -0.3 is 4.74 Å². The SMILES string of the molecule is CC1=NN(c2ccccc2)CO/C1=C\c1c(C)[nH]n(-c2ccccc2)c1=O. The molecule has 1 aliphatic rings. The lowest BCUT2D eigenvalue weighted by Crippen LogP contribution is -2.28. The molecule has 136 valence electrons. The fraction of sp³-hybridized carbons (Fsp3) is 0.143. The van der Waals surface area contributed by atoms with Crippen molar-refractivity contribution >= 4 is 17.5 Å². The molecule has 0 spiro atoms. The number of nitrogens with zero attached hydrogens (tertiary/aromatic N) is 3. The van der Waals surface area contributed by atoms with Crippen LogP contribution in [0.3, 0.4) is 0 Å². The lowest BCUT2D eigenvalue weighted by Gasteiger charge is -2.26. The second-order valence-corrected chi connectivity index (χ2v) is 6.33. The number of anilines is 1. The molecular weight excluding hydrogens is 340 g/mol. The summed E-state index contributed by atoms with van der Waals surface area (Å²) in [5.41, 5.74) is 3.69. The number of hydrogen-bond acceptors (Lipinski definition) is 4. The van der Waals surface area contributed by atoms with E-state index >= 15 is 0 Å². The molecular formula is C21H20N4O2. The summed E-state index contributed by atoms with van der Waals surface area (Å²) in [5, 5.41) is 9.50. The molecule has 0 aliphatic carbocycles. The van der Waals surface area contributed by atoms with Crippen molar-refractivity contribution in [1.82, 2.24) is 9.78 Å². The summed E-state index contributed by atoms with van der Waals surface area (Å²) in [4.78, 5) is 12.8. The maximum Gasteiger partial charge on any atom is 0.278 e. The zero-order chi connectivity index (χ0) is 18.8. The monoisotopic (exact) mass is 360 g/mol. The number of allylic oxidation sites excluding steroid dienone is 1. The second kappa shape index (κ2) is 6.99. The van der Waals surface area contributed by atoms with Crippen LogP contribution in [0.15, 0.2) is 76.3 Å². The van der Waals surface area contributed by atoms with Gasteiger partial charge in [-0.1, -0.05) is 36.4 Å². The zero-order valence-electron chi connectivity index (χ0n) is 15.2. The minimum atomic E-state index is -0.118. The Labute approximate surface area is 157 Å². The average Bonchev–Trinajstić information content (AvgIpc) is 2.99. The number of H-pyrrole nitrogens is 1. The first-order valence-electron chi connectivity index (χ1n) is 8.73. The lowest BCUT2D eigenvalue weighted by molar-refractivity contribution is 0.223. The quantitative estimate of drug-likeness (QED) is 0.775. The number of aromatic amines is 1. The van der Waals surface area contributed by atoms with Crippen molar-refractivity contribution in [3.63, 3.8) is 0 Å². The predicted octanol–water partition coefficient (Wildman–Crippen LogP) is 3.69. The van der Waals surface area contributed by atoms with Crippen molar-refractivity contribution in [3.8, 4) is 5.69 Å². The van der Waals surface area contributed by atoms with Crippen molar-refractivity contribution in [2.24, 2.45) is 5.10 Å². The van der Waals surface area contributed by atoms with Crippen molar-refractivity contribution in [1.29, 1.82) is 0 Å². The molecule has 27 heavy (non-hydrogen) atoms. The summed E-state index contributed by atoms with van der Waals surface area (Å²) in [7, 11) is 0. The van der Waals surface area contributed by atoms with E-state index in [-0.39, 0.29) is 5.56 Å². The Balaban J connectivity index is 1.67. The zero-order valence-corrected chi connectivity index (χ0v) is 15.2. The third kappa shape index (κ3) is 3.29. The van der Waals surface area contributed by atoms with Crippen molar-refractivity contribution in [2.45, 2.75) is 13.8 Å². The van der Waals surface area contributed by atoms with Gasteiger partial charge in [0.15, 0.2) is 6.73 Å². The van der Waals surface area contributed by atoms with Gasteiger partial charge in [-0.25, -0.2) is 9.69 Å². The highest BCUT2D eigenvalue weighted by Crippen LogP contribution is 2.21. The number of para-hydroxylation sites is 2. The number of hydrazone groups is 1. The van der Waals surface area contributed by atoms with Gasteiger partial charge in [-0.05, 0) is 44.2 Å². The van der Waals surface area contributed by atoms with E-state index in [0.29, 0.717) is 18.1 Å². The molecule has 1 N–H and O–H groups in total. The average molecular weight is 360 g/mol. The molecule has 6 heteroatoms. The van der Waals surface area contributed by atoms with Crippen LogP contribution in [0.5, 0.6) is 0 Å². The van der Waals surface area contributed by atoms with Gasteiger partial charge in [0, 0.05) is 5.69 Å². The van der Waals surface area contributed by atoms with E-state index in [0.717, 1.165) is 22.8 Å². The molecule has 0 amide bonds. The Bertz CT molecular complexity index is 1060. The Kier molecular flexibility index (Phi) is 4.38. The van der Waals surface area contributed by atoms with Gasteiger partial charge in [-0.2, -0.15) is 5.10 Å². The predicted molar refractivity (Wildman–Crippen MR) is 107 cm³/mol. The number of benzene rings is 2. The Morgan fingerprint density at radius 2 is 1.63 bits per heavy atom. The van der Waals surface area contributed by atoms with Gasteiger partial charge in [0.1, 0.15) is 5.76 Å². The van der Waals surface area contributed by atoms with Crippen LogP contribution in [0.25, 0.3) is 11.8 Å². The van der Waals surface area contributed by atoms with Crippen LogP contribution in [0.4, 0.5) is 5.69 Å². The number of hydrogen-bond donors (Lipinski definition) is 1. The van der Waals surface area contributed by atoms with Gasteiger partial charge in [-0.15, -0.1) is 0 Å². The summed E-state index contributed by atoms with van der Waals surface area (Å²) >= 11 is 0. The maximum atomic E-state index is 12.8. The molecule has 0 atom stereocenters. The normalized spacial score (nSPS) is 15.6. The molecule has 0 fully saturated rings. The second-order valence-electron chi connectivity index (χ2n) is 6.33. The van der Waals surface area contributed by atoms with Crippen molar-refractivity contribution in [3.05, 3.63) is 88.0 Å². The van der Waals surface area contributed by atoms with E-state index in [1.54, 1.807) is 11.1 Å². The van der Waals surface area contributed by atoms with Gasteiger partial charge >= 0.3 is 0 Å². The van der Waals surface area contributed by atoms with Crippen molar-refractivity contribution < 1.29 is 4.74 Å². The van der Waals surface area contributed by atoms with Crippen LogP contribution in [-0.2, 0) is 4.74 Å². The molecule has 1 aromatic heterocycles. The lowest BCUT2D eigenvalue weighted by atomic mass is 10.2. The fourth-order valence-corrected chi connectivity index (χ4v) is 2.99. The molecule has 1 aliphatic heterocycles. The molecule has 2 aromatic carbocycles. The largest absolute Gasteiger partial charge is 0.469 e. The Morgan fingerprint density at radius 1 is 1.00 bits per heavy atom. The van der Waals surface area contributed by atoms with Crippen LogP contribution in [0.2, 0.25) is 0 Å². The third-order valence-corrected chi connectivity index (χ3v) is 4.43. The van der Waals surface area contributed by atoms with Gasteiger partial charge in [-0.3, -0.25) is 9.89 Å². The first-order chi connectivity index (χ1) is 13.1. The van der Waals surface area contributed by atoms with Crippen LogP contribution < -0.4 is 10.6 Å². The summed E-state index contributed by atoms with van der Waals surface area (Å²) in [5.74, 6) is 0.599. The fourth-order valence-electron chi connectivity index (χ4n) is 2.99. The molecule has 0 bridgehead atoms. The molecule has 6 nitrogen and oxygen atoms in total. The highest BCUT2D eigenvalue weighted by atomic mass is 16.5. The topological polar surface area (TPSA) is 62.6 Å². The molecule has 0 unspecified atom stereocenters. The minimum Gasteiger partial charge on any atom is -0.469 e. The van der Waals surface area contributed by atoms with Crippen LogP contribution in [-0.4, -0.2) is 22.2 Å². The highest BCUT2D eigenvalue weighted by molar-refractivity contribution is 6.01. The smallest absolute Gasteiger partial charge is 0.278 e. The molecule has 0 saturated carbocycles. The Hall–Kier alpha value is -3.54. The van der Waals surface area contributed by atoms with Gasteiger partial charge in [0.05, 0.1) is 22.6 Å². The van der Waals surface area contributed by atoms with E-state index in [1.807, 2.05) is 74.5 Å². The van der Waals surface area contributed by atoms with E-state index in [9.17, 15) is 4.79 Å². The number of ether oxygens (including phenoxy) is 1. The number of nitrogens with one attached hydrogen (secondary N) is 1. The third-order valence-electron chi connectivity index (χ3n) is 4.43. The van der Waals surface area contributed by atoms with Crippen LogP contribution in [0, 0.1) is 6.92 Å². The van der Waals surface area contributed by atoms with E-state index in [1.165, 1.54) is 4.68 Å². The number of aryl methyl sites for hydroxylation is 1. The first kappa shape index (κ1) is 16.9. The van der Waals surface area contributed by atoms with Crippen LogP contribution >= 0.6 is 0 Å². The first-order valence-corrected chi connectivity index (χ1v) is 8.73. The van der Waals surface area contributed by atoms with Gasteiger partial charge in [0.2, 0.25) is 0 Å². The van der Waals surface area contributed by atoms with Crippen LogP contribution in [0.1, 0.15) is 18.2 Å². The maximum absolute atomic E-state index is 12.8. The minimum absolute atomic E-state index is 0.118. The molecule has 3 aromatic rings. The molecule has 0 saturated heterocycles. The summed E-state index contributed by atoms with van der Waals surface area (Å²) in [6.45, 7) is 4.04. The summed E-state index contributed by atoms with van der Waals surface area (Å²) in [6.07, 6.45) is 1.76.